The Balaban J connectivity index is 2.11. The fraction of sp³-hybridized carbons (Fsp3) is 0.333. The molecule has 0 fully saturated rings. The van der Waals surface area contributed by atoms with Crippen molar-refractivity contribution >= 4 is 34.3 Å². The number of amides is 1. The number of allylic oxidation sites excluding steroid dienone is 1. The van der Waals surface area contributed by atoms with Crippen LogP contribution in [0.5, 0.6) is 5.75 Å². The third-order valence-electron chi connectivity index (χ3n) is 4.78. The number of carbonyl (C=O) groups excluding carboxylic acids is 1. The molecule has 2 aromatic carbocycles. The summed E-state index contributed by atoms with van der Waals surface area (Å²) in [5.41, 5.74) is 8.14. The van der Waals surface area contributed by atoms with Gasteiger partial charge < -0.3 is 25.4 Å². The summed E-state index contributed by atoms with van der Waals surface area (Å²) in [6.07, 6.45) is 3.55. The molecule has 0 radical (unpaired) electrons. The molecule has 1 heterocycles. The van der Waals surface area contributed by atoms with E-state index >= 15 is 0 Å². The lowest BCUT2D eigenvalue weighted by Gasteiger charge is -2.35. The van der Waals surface area contributed by atoms with Crippen LogP contribution in [0, 0.1) is 0 Å². The molecule has 0 saturated carbocycles. The van der Waals surface area contributed by atoms with Crippen LogP contribution in [0.2, 0.25) is 0 Å². The molecule has 0 aromatic heterocycles. The standard InChI is InChI=1S/C21H27N5O3/c1-23-21-24-7-6-19(26(21)8-9-28-2)15-10-14-4-5-16(29-3)12-17(14)18(11-15)25-20(27)13-22/h4-7,10-12,21,23H,8-9,13,22H2,1-3H3,(H,25,27). The normalized spacial score (nSPS) is 16.1. The van der Waals surface area contributed by atoms with Gasteiger partial charge in [-0.15, -0.1) is 0 Å². The number of ether oxygens (including phenoxy) is 2. The largest absolute Gasteiger partial charge is 0.497 e. The summed E-state index contributed by atoms with van der Waals surface area (Å²) in [4.78, 5) is 18.6. The van der Waals surface area contributed by atoms with E-state index in [-0.39, 0.29) is 18.7 Å². The van der Waals surface area contributed by atoms with Crippen molar-refractivity contribution < 1.29 is 14.3 Å². The molecule has 154 valence electrons. The van der Waals surface area contributed by atoms with Crippen molar-refractivity contribution in [1.29, 1.82) is 0 Å². The van der Waals surface area contributed by atoms with Gasteiger partial charge in [-0.2, -0.15) is 0 Å². The number of nitrogens with two attached hydrogens (primary N) is 1. The van der Waals surface area contributed by atoms with E-state index in [0.29, 0.717) is 18.8 Å². The highest BCUT2D eigenvalue weighted by Crippen LogP contribution is 2.33. The number of hydrogen-bond donors (Lipinski definition) is 3. The molecule has 8 heteroatoms. The van der Waals surface area contributed by atoms with E-state index in [0.717, 1.165) is 27.8 Å². The van der Waals surface area contributed by atoms with Gasteiger partial charge in [0, 0.05) is 42.2 Å². The van der Waals surface area contributed by atoms with Gasteiger partial charge in [-0.25, -0.2) is 0 Å². The molecule has 1 amide bonds. The SMILES string of the molecule is CNC1N=CC=C(c2cc(NC(=O)CN)c3cc(OC)ccc3c2)N1CCOC. The number of hydrogen-bond acceptors (Lipinski definition) is 7. The van der Waals surface area contributed by atoms with Crippen molar-refractivity contribution in [3.63, 3.8) is 0 Å². The Morgan fingerprint density at radius 3 is 2.79 bits per heavy atom. The minimum absolute atomic E-state index is 0.0904. The maximum absolute atomic E-state index is 12.0. The predicted molar refractivity (Wildman–Crippen MR) is 116 cm³/mol. The molecule has 0 saturated heterocycles. The van der Waals surface area contributed by atoms with Crippen LogP contribution in [0.4, 0.5) is 5.69 Å². The summed E-state index contributed by atoms with van der Waals surface area (Å²) < 4.78 is 10.6. The van der Waals surface area contributed by atoms with E-state index < -0.39 is 0 Å². The molecule has 3 rings (SSSR count). The van der Waals surface area contributed by atoms with Crippen molar-refractivity contribution in [2.24, 2.45) is 10.7 Å². The first-order valence-electron chi connectivity index (χ1n) is 9.39. The smallest absolute Gasteiger partial charge is 0.238 e. The van der Waals surface area contributed by atoms with Gasteiger partial charge >= 0.3 is 0 Å². The van der Waals surface area contributed by atoms with Gasteiger partial charge in [-0.3, -0.25) is 15.1 Å². The minimum atomic E-state index is -0.255. The molecule has 0 spiro atoms. The van der Waals surface area contributed by atoms with E-state index in [1.807, 2.05) is 37.4 Å². The number of fused-ring (bicyclic) bond motifs is 1. The number of rotatable bonds is 8. The minimum Gasteiger partial charge on any atom is -0.497 e. The molecular formula is C21H27N5O3. The first-order chi connectivity index (χ1) is 14.1. The topological polar surface area (TPSA) is 101 Å². The van der Waals surface area contributed by atoms with Crippen molar-refractivity contribution in [3.8, 4) is 5.75 Å². The fourth-order valence-corrected chi connectivity index (χ4v) is 3.34. The molecule has 1 atom stereocenters. The van der Waals surface area contributed by atoms with Crippen molar-refractivity contribution in [3.05, 3.63) is 42.0 Å². The number of nitrogens with zero attached hydrogens (tertiary/aromatic N) is 2. The molecule has 29 heavy (non-hydrogen) atoms. The van der Waals surface area contributed by atoms with Crippen molar-refractivity contribution in [1.82, 2.24) is 10.2 Å². The molecule has 0 aliphatic carbocycles. The molecule has 1 aliphatic heterocycles. The quantitative estimate of drug-likeness (QED) is 0.626. The summed E-state index contributed by atoms with van der Waals surface area (Å²) in [7, 11) is 5.16. The Labute approximate surface area is 170 Å². The maximum atomic E-state index is 12.0. The first-order valence-corrected chi connectivity index (χ1v) is 9.39. The van der Waals surface area contributed by atoms with Gasteiger partial charge in [0.25, 0.3) is 0 Å². The number of anilines is 1. The highest BCUT2D eigenvalue weighted by molar-refractivity contribution is 6.05. The molecular weight excluding hydrogens is 370 g/mol. The van der Waals surface area contributed by atoms with E-state index in [1.165, 1.54) is 0 Å². The third kappa shape index (κ3) is 4.56. The van der Waals surface area contributed by atoms with Crippen LogP contribution in [-0.4, -0.2) is 64.3 Å². The second kappa shape index (κ2) is 9.51. The maximum Gasteiger partial charge on any atom is 0.238 e. The van der Waals surface area contributed by atoms with Gasteiger partial charge in [0.15, 0.2) is 6.29 Å². The monoisotopic (exact) mass is 397 g/mol. The molecule has 0 bridgehead atoms. The average Bonchev–Trinajstić information content (AvgIpc) is 2.76. The predicted octanol–water partition coefficient (Wildman–Crippen LogP) is 1.62. The second-order valence-electron chi connectivity index (χ2n) is 6.56. The summed E-state index contributed by atoms with van der Waals surface area (Å²) >= 11 is 0. The lowest BCUT2D eigenvalue weighted by Crippen LogP contribution is -2.44. The van der Waals surface area contributed by atoms with E-state index in [4.69, 9.17) is 15.2 Å². The Bertz CT molecular complexity index is 941. The van der Waals surface area contributed by atoms with Crippen LogP contribution in [0.15, 0.2) is 41.4 Å². The zero-order valence-electron chi connectivity index (χ0n) is 16.9. The van der Waals surface area contributed by atoms with Crippen molar-refractivity contribution in [2.75, 3.05) is 46.3 Å². The Morgan fingerprint density at radius 1 is 1.28 bits per heavy atom. The van der Waals surface area contributed by atoms with Crippen LogP contribution in [0.25, 0.3) is 16.5 Å². The Morgan fingerprint density at radius 2 is 2.10 bits per heavy atom. The van der Waals surface area contributed by atoms with Crippen LogP contribution in [0.3, 0.4) is 0 Å². The Kier molecular flexibility index (Phi) is 6.82. The lowest BCUT2D eigenvalue weighted by molar-refractivity contribution is -0.114. The zero-order chi connectivity index (χ0) is 20.8. The zero-order valence-corrected chi connectivity index (χ0v) is 16.9. The van der Waals surface area contributed by atoms with Gasteiger partial charge in [0.05, 0.1) is 20.3 Å². The van der Waals surface area contributed by atoms with Crippen LogP contribution < -0.4 is 21.1 Å². The van der Waals surface area contributed by atoms with Gasteiger partial charge in [0.2, 0.25) is 5.91 Å². The lowest BCUT2D eigenvalue weighted by atomic mass is 10.0. The van der Waals surface area contributed by atoms with Gasteiger partial charge in [-0.05, 0) is 42.8 Å². The number of nitrogens with one attached hydrogen (secondary N) is 2. The number of methoxy groups -OCH3 is 2. The van der Waals surface area contributed by atoms with Gasteiger partial charge in [0.1, 0.15) is 5.75 Å². The molecule has 8 nitrogen and oxygen atoms in total. The van der Waals surface area contributed by atoms with Crippen LogP contribution in [-0.2, 0) is 9.53 Å². The number of carbonyl (C=O) groups is 1. The third-order valence-corrected chi connectivity index (χ3v) is 4.78. The molecule has 1 unspecified atom stereocenters. The number of aliphatic imine (C=N–C) groups is 1. The van der Waals surface area contributed by atoms with Crippen molar-refractivity contribution in [2.45, 2.75) is 6.29 Å². The van der Waals surface area contributed by atoms with E-state index in [9.17, 15) is 4.79 Å². The van der Waals surface area contributed by atoms with Crippen LogP contribution >= 0.6 is 0 Å². The summed E-state index contributed by atoms with van der Waals surface area (Å²) in [5, 5.41) is 7.97. The average molecular weight is 397 g/mol. The number of benzene rings is 2. The second-order valence-corrected chi connectivity index (χ2v) is 6.56. The molecule has 4 N–H and O–H groups in total. The highest BCUT2D eigenvalue weighted by Gasteiger charge is 2.23. The van der Waals surface area contributed by atoms with Crippen LogP contribution in [0.1, 0.15) is 5.56 Å². The molecule has 1 aliphatic rings. The molecule has 2 aromatic rings. The fourth-order valence-electron chi connectivity index (χ4n) is 3.34. The highest BCUT2D eigenvalue weighted by atomic mass is 16.5. The first kappa shape index (κ1) is 20.8. The van der Waals surface area contributed by atoms with E-state index in [2.05, 4.69) is 26.6 Å². The Hall–Kier alpha value is -2.94. The van der Waals surface area contributed by atoms with Gasteiger partial charge in [-0.1, -0.05) is 6.07 Å². The summed E-state index contributed by atoms with van der Waals surface area (Å²) in [5.74, 6) is 0.462. The van der Waals surface area contributed by atoms with E-state index in [1.54, 1.807) is 20.4 Å². The summed E-state index contributed by atoms with van der Waals surface area (Å²) in [6.45, 7) is 1.13. The summed E-state index contributed by atoms with van der Waals surface area (Å²) in [6, 6.07) is 9.82.